The van der Waals surface area contributed by atoms with Crippen LogP contribution in [0.3, 0.4) is 0 Å². The van der Waals surface area contributed by atoms with E-state index in [0.717, 1.165) is 37.6 Å². The zero-order valence-electron chi connectivity index (χ0n) is 19.4. The van der Waals surface area contributed by atoms with E-state index in [0.29, 0.717) is 40.1 Å². The number of thioether (sulfide) groups is 1. The Kier molecular flexibility index (Phi) is 10.1. The molecule has 1 aromatic carbocycles. The normalized spacial score (nSPS) is 20.1. The number of hydrogen-bond acceptors (Lipinski definition) is 5. The molecule has 1 aliphatic heterocycles. The minimum Gasteiger partial charge on any atom is -0.497 e. The minimum atomic E-state index is -1.25. The molecule has 3 atom stereocenters. The number of benzene rings is 1. The Morgan fingerprint density at radius 3 is 2.94 bits per heavy atom. The number of aliphatic carboxylic acids is 1. The number of carbonyl (C=O) groups is 1. The number of ether oxygens (including phenoxy) is 1. The number of methoxy groups -OCH3 is 1. The second kappa shape index (κ2) is 12.8. The number of piperidine rings is 1. The van der Waals surface area contributed by atoms with Crippen molar-refractivity contribution in [1.82, 2.24) is 9.88 Å². The second-order valence-corrected chi connectivity index (χ2v) is 10.4. The van der Waals surface area contributed by atoms with Crippen molar-refractivity contribution in [3.63, 3.8) is 0 Å². The largest absolute Gasteiger partial charge is 0.497 e. The van der Waals surface area contributed by atoms with E-state index in [2.05, 4.69) is 16.8 Å². The third-order valence-electron chi connectivity index (χ3n) is 6.48. The average Bonchev–Trinajstić information content (AvgIpc) is 2.80. The number of carboxylic acids is 1. The van der Waals surface area contributed by atoms with E-state index >= 15 is 4.39 Å². The number of hydrogen-bond donors (Lipinski definition) is 1. The maximum absolute atomic E-state index is 15.5. The lowest BCUT2D eigenvalue weighted by Gasteiger charge is -2.38. The van der Waals surface area contributed by atoms with Crippen LogP contribution >= 0.6 is 23.4 Å². The molecule has 33 heavy (non-hydrogen) atoms. The fraction of sp³-hybridized carbons (Fsp3) is 0.600. The quantitative estimate of drug-likeness (QED) is 0.351. The molecule has 1 aromatic heterocycles. The molecule has 1 aliphatic rings. The van der Waals surface area contributed by atoms with Crippen molar-refractivity contribution >= 4 is 40.2 Å². The van der Waals surface area contributed by atoms with E-state index < -0.39 is 12.1 Å². The summed E-state index contributed by atoms with van der Waals surface area (Å²) < 4.78 is 20.8. The number of nitrogens with zero attached hydrogens (tertiary/aromatic N) is 2. The molecular weight excluding hydrogens is 463 g/mol. The van der Waals surface area contributed by atoms with Gasteiger partial charge in [-0.3, -0.25) is 9.78 Å². The molecule has 5 nitrogen and oxygen atoms in total. The fourth-order valence-corrected chi connectivity index (χ4v) is 5.90. The fourth-order valence-electron chi connectivity index (χ4n) is 4.75. The van der Waals surface area contributed by atoms with E-state index in [4.69, 9.17) is 16.3 Å². The Morgan fingerprint density at radius 1 is 1.39 bits per heavy atom. The number of alkyl halides is 1. The highest BCUT2D eigenvalue weighted by Gasteiger charge is 2.31. The summed E-state index contributed by atoms with van der Waals surface area (Å²) in [6.07, 6.45) is 3.41. The zero-order valence-corrected chi connectivity index (χ0v) is 21.0. The number of likely N-dealkylation sites (tertiary alicyclic amines) is 1. The van der Waals surface area contributed by atoms with Crippen molar-refractivity contribution in [3.05, 3.63) is 35.0 Å². The van der Waals surface area contributed by atoms with E-state index in [1.807, 2.05) is 11.8 Å². The predicted octanol–water partition coefficient (Wildman–Crippen LogP) is 6.24. The second-order valence-electron chi connectivity index (χ2n) is 8.77. The lowest BCUT2D eigenvalue weighted by Crippen LogP contribution is -2.42. The first-order valence-corrected chi connectivity index (χ1v) is 13.2. The van der Waals surface area contributed by atoms with Crippen LogP contribution in [-0.2, 0) is 4.79 Å². The van der Waals surface area contributed by atoms with Crippen molar-refractivity contribution in [2.45, 2.75) is 45.2 Å². The molecule has 1 fully saturated rings. The average molecular weight is 497 g/mol. The summed E-state index contributed by atoms with van der Waals surface area (Å²) in [5.74, 6) is 2.32. The SMILES string of the molecule is CCCSCCN1CCC(CCC(F)c2c(Cl)cnc3ccc(OC)cc23)C(CC(=O)O)C1. The van der Waals surface area contributed by atoms with Crippen LogP contribution in [0.4, 0.5) is 4.39 Å². The Morgan fingerprint density at radius 2 is 2.21 bits per heavy atom. The van der Waals surface area contributed by atoms with Crippen LogP contribution in [0.1, 0.15) is 50.8 Å². The number of rotatable bonds is 12. The Hall–Kier alpha value is -1.57. The molecule has 3 rings (SSSR count). The van der Waals surface area contributed by atoms with Gasteiger partial charge < -0.3 is 14.7 Å². The third-order valence-corrected chi connectivity index (χ3v) is 7.95. The summed E-state index contributed by atoms with van der Waals surface area (Å²) in [7, 11) is 1.57. The van der Waals surface area contributed by atoms with Gasteiger partial charge in [-0.2, -0.15) is 11.8 Å². The topological polar surface area (TPSA) is 62.7 Å². The van der Waals surface area contributed by atoms with Gasteiger partial charge in [-0.1, -0.05) is 18.5 Å². The highest BCUT2D eigenvalue weighted by molar-refractivity contribution is 7.99. The summed E-state index contributed by atoms with van der Waals surface area (Å²) in [6.45, 7) is 4.88. The summed E-state index contributed by atoms with van der Waals surface area (Å²) >= 11 is 8.32. The van der Waals surface area contributed by atoms with Crippen molar-refractivity contribution in [1.29, 1.82) is 0 Å². The molecule has 0 saturated carbocycles. The van der Waals surface area contributed by atoms with E-state index in [1.54, 1.807) is 25.3 Å². The van der Waals surface area contributed by atoms with Crippen molar-refractivity contribution in [2.24, 2.45) is 11.8 Å². The molecule has 8 heteroatoms. The lowest BCUT2D eigenvalue weighted by atomic mass is 9.79. The van der Waals surface area contributed by atoms with Crippen LogP contribution in [-0.4, -0.2) is 59.2 Å². The molecule has 182 valence electrons. The van der Waals surface area contributed by atoms with Crippen LogP contribution in [0.2, 0.25) is 5.02 Å². The van der Waals surface area contributed by atoms with Gasteiger partial charge in [-0.05, 0) is 68.0 Å². The van der Waals surface area contributed by atoms with E-state index in [1.165, 1.54) is 12.6 Å². The number of carboxylic acid groups (broad SMARTS) is 1. The van der Waals surface area contributed by atoms with E-state index in [-0.39, 0.29) is 18.3 Å². The van der Waals surface area contributed by atoms with Gasteiger partial charge in [0.25, 0.3) is 0 Å². The minimum absolute atomic E-state index is 0.0457. The monoisotopic (exact) mass is 496 g/mol. The molecule has 0 spiro atoms. The van der Waals surface area contributed by atoms with Gasteiger partial charge in [0, 0.05) is 42.4 Å². The molecule has 1 saturated heterocycles. The maximum Gasteiger partial charge on any atom is 0.303 e. The number of pyridine rings is 1. The van der Waals surface area contributed by atoms with Gasteiger partial charge >= 0.3 is 5.97 Å². The van der Waals surface area contributed by atoms with Crippen LogP contribution in [0.5, 0.6) is 5.75 Å². The molecule has 0 radical (unpaired) electrons. The van der Waals surface area contributed by atoms with Gasteiger partial charge in [0.2, 0.25) is 0 Å². The lowest BCUT2D eigenvalue weighted by molar-refractivity contribution is -0.139. The predicted molar refractivity (Wildman–Crippen MR) is 134 cm³/mol. The number of halogens is 2. The summed E-state index contributed by atoms with van der Waals surface area (Å²) in [5.41, 5.74) is 1.12. The standard InChI is InChI=1S/C25H34ClFN2O3S/c1-3-11-33-12-10-29-9-8-17(18(16-29)13-24(30)31)4-6-22(27)25-20-14-19(32-2)5-7-23(20)28-15-21(25)26/h5,7,14-15,17-18,22H,3-4,6,8-13,16H2,1-2H3,(H,30,31). The Bertz CT molecular complexity index is 932. The summed E-state index contributed by atoms with van der Waals surface area (Å²) in [6, 6.07) is 5.38. The number of aromatic nitrogens is 1. The Balaban J connectivity index is 1.66. The maximum atomic E-state index is 15.5. The first-order chi connectivity index (χ1) is 15.9. The van der Waals surface area contributed by atoms with Crippen molar-refractivity contribution < 1.29 is 19.0 Å². The number of fused-ring (bicyclic) bond motifs is 1. The Labute approximate surface area is 205 Å². The third kappa shape index (κ3) is 7.20. The van der Waals surface area contributed by atoms with Gasteiger partial charge in [-0.15, -0.1) is 0 Å². The van der Waals surface area contributed by atoms with Gasteiger partial charge in [0.05, 0.1) is 17.6 Å². The van der Waals surface area contributed by atoms with Crippen molar-refractivity contribution in [2.75, 3.05) is 38.2 Å². The summed E-state index contributed by atoms with van der Waals surface area (Å²) in [4.78, 5) is 18.2. The molecule has 1 N–H and O–H groups in total. The molecular formula is C25H34ClFN2O3S. The highest BCUT2D eigenvalue weighted by atomic mass is 35.5. The van der Waals surface area contributed by atoms with Crippen molar-refractivity contribution in [3.8, 4) is 5.75 Å². The van der Waals surface area contributed by atoms with Crippen LogP contribution < -0.4 is 4.74 Å². The van der Waals surface area contributed by atoms with Crippen LogP contribution in [0, 0.1) is 11.8 Å². The molecule has 0 aliphatic carbocycles. The first kappa shape index (κ1) is 26.0. The molecule has 2 aromatic rings. The smallest absolute Gasteiger partial charge is 0.303 e. The van der Waals surface area contributed by atoms with Crippen LogP contribution in [0.15, 0.2) is 24.4 Å². The highest BCUT2D eigenvalue weighted by Crippen LogP contribution is 2.39. The first-order valence-electron chi connectivity index (χ1n) is 11.7. The molecule has 0 bridgehead atoms. The molecule has 3 unspecified atom stereocenters. The van der Waals surface area contributed by atoms with Gasteiger partial charge in [0.15, 0.2) is 0 Å². The van der Waals surface area contributed by atoms with Crippen LogP contribution in [0.25, 0.3) is 10.9 Å². The zero-order chi connectivity index (χ0) is 23.8. The van der Waals surface area contributed by atoms with E-state index in [9.17, 15) is 9.90 Å². The molecule has 0 amide bonds. The van der Waals surface area contributed by atoms with Gasteiger partial charge in [0.1, 0.15) is 11.9 Å². The molecule has 2 heterocycles. The van der Waals surface area contributed by atoms with Gasteiger partial charge in [-0.25, -0.2) is 4.39 Å². The summed E-state index contributed by atoms with van der Waals surface area (Å²) in [5, 5.41) is 10.4.